The third-order valence-electron chi connectivity index (χ3n) is 15.0. The maximum atomic E-state index is 13.5. The predicted molar refractivity (Wildman–Crippen MR) is 261 cm³/mol. The smallest absolute Gasteiger partial charge is 0.341 e. The van der Waals surface area contributed by atoms with E-state index < -0.39 is 11.4 Å². The van der Waals surface area contributed by atoms with Crippen molar-refractivity contribution in [2.24, 2.45) is 10.8 Å². The lowest BCUT2D eigenvalue weighted by Gasteiger charge is -2.22. The van der Waals surface area contributed by atoms with Crippen LogP contribution in [0.3, 0.4) is 0 Å². The van der Waals surface area contributed by atoms with Crippen molar-refractivity contribution in [3.05, 3.63) is 139 Å². The first-order valence-corrected chi connectivity index (χ1v) is 24.5. The molecule has 4 saturated heterocycles. The third-order valence-corrected chi connectivity index (χ3v) is 15.0. The molecule has 360 valence electrons. The fraction of sp³-hybridized carbons (Fsp3) is 0.444. The Hall–Kier alpha value is -6.42. The van der Waals surface area contributed by atoms with Gasteiger partial charge in [0.25, 0.3) is 5.91 Å². The Bertz CT molecular complexity index is 2950. The Labute approximate surface area is 400 Å². The Balaban J connectivity index is 0.000000139. The van der Waals surface area contributed by atoms with E-state index in [2.05, 4.69) is 39.6 Å². The fourth-order valence-corrected chi connectivity index (χ4v) is 11.0. The van der Waals surface area contributed by atoms with Crippen molar-refractivity contribution in [2.75, 3.05) is 52.6 Å². The molecule has 15 nitrogen and oxygen atoms in total. The second-order valence-corrected chi connectivity index (χ2v) is 19.5. The van der Waals surface area contributed by atoms with Crippen molar-refractivity contribution in [1.82, 2.24) is 29.3 Å². The van der Waals surface area contributed by atoms with Crippen LogP contribution in [0.25, 0.3) is 22.1 Å². The van der Waals surface area contributed by atoms with E-state index in [0.717, 1.165) is 58.3 Å². The van der Waals surface area contributed by atoms with Gasteiger partial charge in [0.2, 0.25) is 10.9 Å². The van der Waals surface area contributed by atoms with Gasteiger partial charge in [-0.3, -0.25) is 14.4 Å². The fourth-order valence-electron chi connectivity index (χ4n) is 11.0. The molecule has 15 heteroatoms. The molecule has 0 radical (unpaired) electrons. The molecule has 2 spiro atoms. The maximum Gasteiger partial charge on any atom is 0.341 e. The van der Waals surface area contributed by atoms with E-state index in [9.17, 15) is 24.3 Å². The lowest BCUT2D eigenvalue weighted by molar-refractivity contribution is 0.0693. The summed E-state index contributed by atoms with van der Waals surface area (Å²) in [5.41, 5.74) is 5.93. The number of pyridine rings is 4. The zero-order valence-electron chi connectivity index (χ0n) is 39.4. The van der Waals surface area contributed by atoms with E-state index in [-0.39, 0.29) is 45.5 Å². The number of ether oxygens (including phenoxy) is 4. The van der Waals surface area contributed by atoms with Crippen LogP contribution in [0.2, 0.25) is 0 Å². The van der Waals surface area contributed by atoms with Crippen LogP contribution in [-0.4, -0.2) is 106 Å². The van der Waals surface area contributed by atoms with Crippen LogP contribution in [-0.2, 0) is 48.2 Å². The third kappa shape index (κ3) is 9.51. The molecule has 2 aliphatic carbocycles. The highest BCUT2D eigenvalue weighted by molar-refractivity contribution is 5.97. The highest BCUT2D eigenvalue weighted by Crippen LogP contribution is 2.39. The Morgan fingerprint density at radius 1 is 0.710 bits per heavy atom. The zero-order chi connectivity index (χ0) is 47.7. The number of fused-ring (bicyclic) bond motifs is 4. The van der Waals surface area contributed by atoms with E-state index in [0.29, 0.717) is 66.4 Å². The molecule has 12 rings (SSSR count). The summed E-state index contributed by atoms with van der Waals surface area (Å²) in [6.07, 6.45) is 14.1. The Morgan fingerprint density at radius 2 is 1.20 bits per heavy atom. The number of benzene rings is 2. The van der Waals surface area contributed by atoms with Gasteiger partial charge in [0.05, 0.1) is 36.4 Å². The van der Waals surface area contributed by atoms with Gasteiger partial charge < -0.3 is 43.4 Å². The molecule has 2 atom stereocenters. The molecule has 0 bridgehead atoms. The Kier molecular flexibility index (Phi) is 13.1. The molecule has 6 aliphatic rings. The number of carboxylic acid groups (broad SMARTS) is 1. The summed E-state index contributed by atoms with van der Waals surface area (Å²) in [5, 5.41) is 13.3. The SMILES string of the molecule is C1CC2(CCOC2)CN1.CCn1cc(C(=O)N2CCC3(CCOC3)C2)c(=O)c2cc(OC3Cc4ccccc4C3)cnc21.CCn1cc(C(=O)O)c(=O)c2cc(OC3Cc4ccccc4C3)cnc21. The first-order valence-electron chi connectivity index (χ1n) is 24.5. The molecule has 69 heavy (non-hydrogen) atoms. The number of carboxylic acids is 1. The number of hydrogen-bond donors (Lipinski definition) is 2. The number of hydrogen-bond acceptors (Lipinski definition) is 11. The van der Waals surface area contributed by atoms with Crippen molar-refractivity contribution < 1.29 is 33.6 Å². The molecule has 2 unspecified atom stereocenters. The summed E-state index contributed by atoms with van der Waals surface area (Å²) in [7, 11) is 0. The van der Waals surface area contributed by atoms with Crippen LogP contribution in [0.4, 0.5) is 0 Å². The topological polar surface area (TPSA) is 176 Å². The molecule has 4 fully saturated rings. The van der Waals surface area contributed by atoms with E-state index in [1.165, 1.54) is 54.4 Å². The number of nitrogens with zero attached hydrogens (tertiary/aromatic N) is 5. The maximum absolute atomic E-state index is 13.5. The van der Waals surface area contributed by atoms with E-state index in [4.69, 9.17) is 18.9 Å². The van der Waals surface area contributed by atoms with Crippen LogP contribution in [0.1, 0.15) is 82.5 Å². The number of rotatable bonds is 8. The molecule has 4 aromatic heterocycles. The quantitative estimate of drug-likeness (QED) is 0.176. The average molecular weight is 937 g/mol. The second kappa shape index (κ2) is 19.5. The highest BCUT2D eigenvalue weighted by Gasteiger charge is 2.43. The predicted octanol–water partition coefficient (Wildman–Crippen LogP) is 6.26. The summed E-state index contributed by atoms with van der Waals surface area (Å²) in [6.45, 7) is 12.1. The van der Waals surface area contributed by atoms with Gasteiger partial charge in [0, 0.05) is 94.8 Å². The van der Waals surface area contributed by atoms with Crippen LogP contribution in [0, 0.1) is 10.8 Å². The van der Waals surface area contributed by atoms with Gasteiger partial charge in [-0.05, 0) is 80.5 Å². The molecule has 0 saturated carbocycles. The van der Waals surface area contributed by atoms with Gasteiger partial charge in [-0.1, -0.05) is 48.5 Å². The minimum Gasteiger partial charge on any atom is -0.488 e. The molecular weight excluding hydrogens is 877 g/mol. The van der Waals surface area contributed by atoms with Crippen molar-refractivity contribution in [2.45, 2.75) is 90.5 Å². The first-order chi connectivity index (χ1) is 33.5. The standard InChI is InChI=1S/C27H29N3O4.C20H18N2O4.C7H13NO/c1-2-29-15-23(26(32)30-9-7-27(16-30)8-10-33-17-27)24(31)22-13-21(14-28-25(22)29)34-20-11-18-5-3-4-6-19(18)12-20;1-2-22-11-17(20(24)25)18(23)16-9-15(10-21-19(16)22)26-14-7-12-5-3-4-6-13(12)8-14;1-3-8-5-7(1)2-4-9-6-7/h3-6,13-15,20H,2,7-12,16-17H2,1H3;3-6,9-11,14H,2,7-8H2,1H3,(H,24,25);8H,1-6H2. The first kappa shape index (κ1) is 46.3. The number of nitrogens with one attached hydrogen (secondary N) is 1. The van der Waals surface area contributed by atoms with E-state index >= 15 is 0 Å². The number of aromatic nitrogens is 4. The minimum absolute atomic E-state index is 0.0114. The normalized spacial score (nSPS) is 21.6. The summed E-state index contributed by atoms with van der Waals surface area (Å²) in [5.74, 6) is -0.386. The monoisotopic (exact) mass is 936 g/mol. The number of carbonyl (C=O) groups excluding carboxylic acids is 1. The molecule has 4 aliphatic heterocycles. The molecule has 2 N–H and O–H groups in total. The highest BCUT2D eigenvalue weighted by atomic mass is 16.5. The van der Waals surface area contributed by atoms with Gasteiger partial charge in [-0.25, -0.2) is 14.8 Å². The summed E-state index contributed by atoms with van der Waals surface area (Å²) in [6, 6.07) is 19.9. The number of aryl methyl sites for hydroxylation is 2. The van der Waals surface area contributed by atoms with Crippen molar-refractivity contribution in [3.8, 4) is 11.5 Å². The number of likely N-dealkylation sites (tertiary alicyclic amines) is 1. The number of carbonyl (C=O) groups is 2. The largest absolute Gasteiger partial charge is 0.488 e. The van der Waals surface area contributed by atoms with Gasteiger partial charge in [-0.15, -0.1) is 0 Å². The second-order valence-electron chi connectivity index (χ2n) is 19.5. The molecule has 2 aromatic carbocycles. The van der Waals surface area contributed by atoms with Crippen molar-refractivity contribution >= 4 is 33.9 Å². The number of aromatic carboxylic acids is 1. The zero-order valence-corrected chi connectivity index (χ0v) is 39.4. The average Bonchev–Trinajstić information content (AvgIpc) is 4.25. The van der Waals surface area contributed by atoms with Gasteiger partial charge >= 0.3 is 5.97 Å². The molecule has 6 aromatic rings. The van der Waals surface area contributed by atoms with E-state index in [1.807, 2.05) is 47.6 Å². The van der Waals surface area contributed by atoms with Gasteiger partial charge in [0.15, 0.2) is 0 Å². The van der Waals surface area contributed by atoms with Crippen molar-refractivity contribution in [3.63, 3.8) is 0 Å². The van der Waals surface area contributed by atoms with Crippen LogP contribution < -0.4 is 25.6 Å². The Morgan fingerprint density at radius 3 is 1.65 bits per heavy atom. The van der Waals surface area contributed by atoms with E-state index in [1.54, 1.807) is 35.3 Å². The van der Waals surface area contributed by atoms with Crippen LogP contribution in [0.5, 0.6) is 11.5 Å². The summed E-state index contributed by atoms with van der Waals surface area (Å²) < 4.78 is 26.8. The summed E-state index contributed by atoms with van der Waals surface area (Å²) >= 11 is 0. The van der Waals surface area contributed by atoms with Gasteiger partial charge in [-0.2, -0.15) is 0 Å². The van der Waals surface area contributed by atoms with Crippen molar-refractivity contribution in [1.29, 1.82) is 0 Å². The van der Waals surface area contributed by atoms with Crippen LogP contribution >= 0.6 is 0 Å². The number of amides is 1. The van der Waals surface area contributed by atoms with Crippen LogP contribution in [0.15, 0.2) is 95.0 Å². The molecule has 8 heterocycles. The lowest BCUT2D eigenvalue weighted by Crippen LogP contribution is -2.35. The lowest BCUT2D eigenvalue weighted by atomic mass is 9.87. The molecular formula is C54H60N6O9. The minimum atomic E-state index is -1.24. The molecule has 1 amide bonds. The summed E-state index contributed by atoms with van der Waals surface area (Å²) in [4.78, 5) is 61.5. The van der Waals surface area contributed by atoms with Gasteiger partial charge in [0.1, 0.15) is 46.1 Å².